The van der Waals surface area contributed by atoms with Crippen molar-refractivity contribution in [2.45, 2.75) is 39.3 Å². The van der Waals surface area contributed by atoms with Crippen LogP contribution in [0.3, 0.4) is 0 Å². The molecule has 32 heavy (non-hydrogen) atoms. The van der Waals surface area contributed by atoms with Crippen LogP contribution in [0.5, 0.6) is 5.75 Å². The average molecular weight is 438 g/mol. The molecule has 7 heteroatoms. The summed E-state index contributed by atoms with van der Waals surface area (Å²) in [5.74, 6) is 2.64. The summed E-state index contributed by atoms with van der Waals surface area (Å²) < 4.78 is 21.0. The van der Waals surface area contributed by atoms with E-state index in [2.05, 4.69) is 24.1 Å². The van der Waals surface area contributed by atoms with Crippen LogP contribution in [0.25, 0.3) is 11.4 Å². The molecular formula is C25H32FN5O. The van der Waals surface area contributed by atoms with Gasteiger partial charge in [-0.1, -0.05) is 26.0 Å². The maximum Gasteiger partial charge on any atom is 0.245 e. The van der Waals surface area contributed by atoms with Crippen LogP contribution >= 0.6 is 0 Å². The number of hydrogen-bond acceptors (Lipinski definition) is 5. The van der Waals surface area contributed by atoms with Crippen LogP contribution in [0, 0.1) is 11.7 Å². The molecule has 0 amide bonds. The fourth-order valence-electron chi connectivity index (χ4n) is 3.98. The van der Waals surface area contributed by atoms with Crippen molar-refractivity contribution in [3.63, 3.8) is 0 Å². The van der Waals surface area contributed by atoms with Gasteiger partial charge in [0.2, 0.25) is 5.95 Å². The predicted molar refractivity (Wildman–Crippen MR) is 125 cm³/mol. The van der Waals surface area contributed by atoms with Crippen molar-refractivity contribution < 1.29 is 9.13 Å². The highest BCUT2D eigenvalue weighted by Crippen LogP contribution is 2.26. The summed E-state index contributed by atoms with van der Waals surface area (Å²) in [6, 6.07) is 15.0. The number of aryl methyl sites for hydroxylation is 1. The van der Waals surface area contributed by atoms with Gasteiger partial charge in [0.15, 0.2) is 5.82 Å². The minimum Gasteiger partial charge on any atom is -0.493 e. The Bertz CT molecular complexity index is 994. The summed E-state index contributed by atoms with van der Waals surface area (Å²) >= 11 is 0. The number of benzene rings is 2. The summed E-state index contributed by atoms with van der Waals surface area (Å²) in [5.41, 5.74) is 2.04. The molecule has 3 aromatic rings. The first-order valence-electron chi connectivity index (χ1n) is 11.4. The molecule has 1 fully saturated rings. The van der Waals surface area contributed by atoms with Crippen LogP contribution in [0.15, 0.2) is 48.5 Å². The Kier molecular flexibility index (Phi) is 7.05. The molecule has 1 aromatic heterocycles. The van der Waals surface area contributed by atoms with Crippen molar-refractivity contribution in [3.8, 4) is 17.1 Å². The standard InChI is InChI=1S/C25H32FN5O/c1-18(2)17-32-23-10-6-20(7-11-23)24-28-25(29-30(24)3)31(22-12-14-27-15-13-22)16-19-4-8-21(26)9-5-19/h4-11,18,22,27H,12-17H2,1-3H3. The van der Waals surface area contributed by atoms with E-state index in [0.29, 0.717) is 31.1 Å². The van der Waals surface area contributed by atoms with Crippen LogP contribution < -0.4 is 15.0 Å². The summed E-state index contributed by atoms with van der Waals surface area (Å²) in [7, 11) is 1.92. The van der Waals surface area contributed by atoms with Gasteiger partial charge in [0.1, 0.15) is 11.6 Å². The lowest BCUT2D eigenvalue weighted by atomic mass is 10.0. The lowest BCUT2D eigenvalue weighted by Gasteiger charge is -2.34. The quantitative estimate of drug-likeness (QED) is 0.566. The number of aromatic nitrogens is 3. The first-order valence-corrected chi connectivity index (χ1v) is 11.4. The molecule has 0 unspecified atom stereocenters. The Morgan fingerprint density at radius 2 is 1.78 bits per heavy atom. The van der Waals surface area contributed by atoms with Gasteiger partial charge in [-0.05, 0) is 73.8 Å². The molecule has 2 heterocycles. The first-order chi connectivity index (χ1) is 15.5. The van der Waals surface area contributed by atoms with Crippen LogP contribution in [0.4, 0.5) is 10.3 Å². The van der Waals surface area contributed by atoms with E-state index in [1.807, 2.05) is 48.1 Å². The Morgan fingerprint density at radius 1 is 1.09 bits per heavy atom. The molecule has 0 saturated carbocycles. The Hall–Kier alpha value is -2.93. The molecule has 1 N–H and O–H groups in total. The van der Waals surface area contributed by atoms with Gasteiger partial charge in [-0.2, -0.15) is 4.98 Å². The fourth-order valence-corrected chi connectivity index (χ4v) is 3.98. The molecule has 1 aliphatic rings. The molecular weight excluding hydrogens is 405 g/mol. The Balaban J connectivity index is 1.58. The van der Waals surface area contributed by atoms with Crippen molar-refractivity contribution in [2.75, 3.05) is 24.6 Å². The van der Waals surface area contributed by atoms with Gasteiger partial charge < -0.3 is 15.0 Å². The topological polar surface area (TPSA) is 55.2 Å². The average Bonchev–Trinajstić information content (AvgIpc) is 3.19. The van der Waals surface area contributed by atoms with Crippen molar-refractivity contribution in [3.05, 3.63) is 59.9 Å². The van der Waals surface area contributed by atoms with E-state index < -0.39 is 0 Å². The molecule has 1 saturated heterocycles. The zero-order valence-electron chi connectivity index (χ0n) is 19.1. The van der Waals surface area contributed by atoms with Crippen LogP contribution in [0.2, 0.25) is 0 Å². The van der Waals surface area contributed by atoms with Gasteiger partial charge in [-0.15, -0.1) is 5.10 Å². The third-order valence-corrected chi connectivity index (χ3v) is 5.72. The van der Waals surface area contributed by atoms with E-state index >= 15 is 0 Å². The minimum atomic E-state index is -0.221. The van der Waals surface area contributed by atoms with Gasteiger partial charge >= 0.3 is 0 Å². The largest absolute Gasteiger partial charge is 0.493 e. The monoisotopic (exact) mass is 437 g/mol. The third-order valence-electron chi connectivity index (χ3n) is 5.72. The van der Waals surface area contributed by atoms with Gasteiger partial charge in [0.05, 0.1) is 6.61 Å². The van der Waals surface area contributed by atoms with Crippen molar-refractivity contribution in [1.82, 2.24) is 20.1 Å². The van der Waals surface area contributed by atoms with Crippen LogP contribution in [0.1, 0.15) is 32.3 Å². The van der Waals surface area contributed by atoms with Crippen LogP contribution in [-0.4, -0.2) is 40.5 Å². The molecule has 1 aliphatic heterocycles. The van der Waals surface area contributed by atoms with Crippen LogP contribution in [-0.2, 0) is 13.6 Å². The van der Waals surface area contributed by atoms with E-state index in [0.717, 1.165) is 48.6 Å². The number of nitrogens with zero attached hydrogens (tertiary/aromatic N) is 4. The van der Waals surface area contributed by atoms with Gasteiger partial charge in [-0.3, -0.25) is 0 Å². The summed E-state index contributed by atoms with van der Waals surface area (Å²) in [4.78, 5) is 7.18. The van der Waals surface area contributed by atoms with E-state index in [4.69, 9.17) is 14.8 Å². The van der Waals surface area contributed by atoms with E-state index in [9.17, 15) is 4.39 Å². The molecule has 0 aliphatic carbocycles. The van der Waals surface area contributed by atoms with Crippen molar-refractivity contribution in [1.29, 1.82) is 0 Å². The SMILES string of the molecule is CC(C)COc1ccc(-c2nc(N(Cc3ccc(F)cc3)C3CCNCC3)nn2C)cc1. The third kappa shape index (κ3) is 5.46. The zero-order valence-corrected chi connectivity index (χ0v) is 19.1. The zero-order chi connectivity index (χ0) is 22.5. The number of nitrogens with one attached hydrogen (secondary N) is 1. The number of ether oxygens (including phenoxy) is 1. The summed E-state index contributed by atoms with van der Waals surface area (Å²) in [6.45, 7) is 7.56. The number of anilines is 1. The van der Waals surface area contributed by atoms with E-state index in [1.54, 1.807) is 0 Å². The molecule has 6 nitrogen and oxygen atoms in total. The smallest absolute Gasteiger partial charge is 0.245 e. The molecule has 2 aromatic carbocycles. The maximum absolute atomic E-state index is 13.4. The first kappa shape index (κ1) is 22.3. The highest BCUT2D eigenvalue weighted by Gasteiger charge is 2.25. The number of rotatable bonds is 8. The second-order valence-electron chi connectivity index (χ2n) is 8.82. The summed E-state index contributed by atoms with van der Waals surface area (Å²) in [5, 5.41) is 8.19. The highest BCUT2D eigenvalue weighted by atomic mass is 19.1. The summed E-state index contributed by atoms with van der Waals surface area (Å²) in [6.07, 6.45) is 2.05. The second kappa shape index (κ2) is 10.1. The lowest BCUT2D eigenvalue weighted by molar-refractivity contribution is 0.271. The van der Waals surface area contributed by atoms with Crippen molar-refractivity contribution >= 4 is 5.95 Å². The van der Waals surface area contributed by atoms with Crippen molar-refractivity contribution in [2.24, 2.45) is 13.0 Å². The highest BCUT2D eigenvalue weighted by molar-refractivity contribution is 5.58. The maximum atomic E-state index is 13.4. The fraction of sp³-hybridized carbons (Fsp3) is 0.440. The molecule has 0 spiro atoms. The number of hydrogen-bond donors (Lipinski definition) is 1. The Morgan fingerprint density at radius 3 is 2.44 bits per heavy atom. The van der Waals surface area contributed by atoms with Gasteiger partial charge in [-0.25, -0.2) is 9.07 Å². The number of halogens is 1. The van der Waals surface area contributed by atoms with E-state index in [1.165, 1.54) is 12.1 Å². The number of piperidine rings is 1. The molecule has 4 rings (SSSR count). The molecule has 0 bridgehead atoms. The Labute approximate surface area is 189 Å². The lowest BCUT2D eigenvalue weighted by Crippen LogP contribution is -2.43. The predicted octanol–water partition coefficient (Wildman–Crippen LogP) is 4.41. The van der Waals surface area contributed by atoms with E-state index in [-0.39, 0.29) is 5.82 Å². The second-order valence-corrected chi connectivity index (χ2v) is 8.82. The van der Waals surface area contributed by atoms with Gasteiger partial charge in [0, 0.05) is 25.2 Å². The molecule has 0 radical (unpaired) electrons. The normalized spacial score (nSPS) is 14.7. The molecule has 0 atom stereocenters. The van der Waals surface area contributed by atoms with Gasteiger partial charge in [0.25, 0.3) is 0 Å². The molecule has 170 valence electrons. The minimum absolute atomic E-state index is 0.221.